The van der Waals surface area contributed by atoms with E-state index < -0.39 is 0 Å². The van der Waals surface area contributed by atoms with Crippen molar-refractivity contribution >= 4 is 11.6 Å². The Hall–Kier alpha value is -2.40. The van der Waals surface area contributed by atoms with Crippen molar-refractivity contribution < 1.29 is 9.53 Å². The third-order valence-electron chi connectivity index (χ3n) is 4.14. The second kappa shape index (κ2) is 7.24. The van der Waals surface area contributed by atoms with Crippen molar-refractivity contribution in [2.24, 2.45) is 5.92 Å². The molecule has 5 nitrogen and oxygen atoms in total. The molecular formula is C18H21N3O2. The lowest BCUT2D eigenvalue weighted by Gasteiger charge is -2.19. The van der Waals surface area contributed by atoms with Crippen LogP contribution < -0.4 is 11.1 Å². The van der Waals surface area contributed by atoms with Crippen molar-refractivity contribution in [3.05, 3.63) is 59.9 Å². The predicted octanol–water partition coefficient (Wildman–Crippen LogP) is 1.58. The predicted molar refractivity (Wildman–Crippen MR) is 88.7 cm³/mol. The van der Waals surface area contributed by atoms with Crippen LogP contribution in [0.4, 0.5) is 5.69 Å². The molecule has 0 spiro atoms. The van der Waals surface area contributed by atoms with E-state index in [-0.39, 0.29) is 11.9 Å². The van der Waals surface area contributed by atoms with E-state index in [9.17, 15) is 4.79 Å². The summed E-state index contributed by atoms with van der Waals surface area (Å²) in [5, 5.41) is 3.10. The second-order valence-corrected chi connectivity index (χ2v) is 5.95. The number of hydrogen-bond donors (Lipinski definition) is 2. The number of pyridine rings is 1. The minimum Gasteiger partial charge on any atom is -0.399 e. The Morgan fingerprint density at radius 2 is 1.87 bits per heavy atom. The number of nitrogens with one attached hydrogen (secondary N) is 1. The van der Waals surface area contributed by atoms with Crippen LogP contribution in [0.15, 0.2) is 48.8 Å². The van der Waals surface area contributed by atoms with E-state index in [0.29, 0.717) is 31.2 Å². The van der Waals surface area contributed by atoms with Crippen LogP contribution >= 0.6 is 0 Å². The first-order valence-corrected chi connectivity index (χ1v) is 7.81. The lowest BCUT2D eigenvalue weighted by Crippen LogP contribution is -2.41. The van der Waals surface area contributed by atoms with Gasteiger partial charge in [-0.3, -0.25) is 9.78 Å². The minimum atomic E-state index is 0.0185. The third-order valence-corrected chi connectivity index (χ3v) is 4.14. The highest BCUT2D eigenvalue weighted by Gasteiger charge is 2.29. The maximum Gasteiger partial charge on any atom is 0.224 e. The van der Waals surface area contributed by atoms with Gasteiger partial charge >= 0.3 is 0 Å². The Morgan fingerprint density at radius 3 is 2.61 bits per heavy atom. The quantitative estimate of drug-likeness (QED) is 0.822. The summed E-state index contributed by atoms with van der Waals surface area (Å²) in [6.07, 6.45) is 4.83. The molecule has 120 valence electrons. The highest BCUT2D eigenvalue weighted by atomic mass is 16.5. The number of benzene rings is 1. The number of ether oxygens (including phenoxy) is 1. The molecule has 0 bridgehead atoms. The minimum absolute atomic E-state index is 0.0185. The molecule has 2 aromatic rings. The number of nitrogens with two attached hydrogens (primary N) is 1. The van der Waals surface area contributed by atoms with Gasteiger partial charge in [-0.25, -0.2) is 0 Å². The summed E-state index contributed by atoms with van der Waals surface area (Å²) in [5.74, 6) is 0.317. The fourth-order valence-electron chi connectivity index (χ4n) is 2.86. The number of carbonyl (C=O) groups is 1. The van der Waals surface area contributed by atoms with E-state index in [1.165, 1.54) is 5.56 Å². The highest BCUT2D eigenvalue weighted by Crippen LogP contribution is 2.19. The van der Waals surface area contributed by atoms with Gasteiger partial charge in [-0.1, -0.05) is 12.1 Å². The first-order valence-electron chi connectivity index (χ1n) is 7.81. The van der Waals surface area contributed by atoms with E-state index in [4.69, 9.17) is 10.5 Å². The summed E-state index contributed by atoms with van der Waals surface area (Å²) in [7, 11) is 0. The molecule has 2 heterocycles. The van der Waals surface area contributed by atoms with Gasteiger partial charge in [0.05, 0.1) is 25.7 Å². The van der Waals surface area contributed by atoms with Crippen LogP contribution in [0.5, 0.6) is 0 Å². The van der Waals surface area contributed by atoms with Gasteiger partial charge in [-0.05, 0) is 41.8 Å². The van der Waals surface area contributed by atoms with Gasteiger partial charge in [0.1, 0.15) is 0 Å². The van der Waals surface area contributed by atoms with Crippen molar-refractivity contribution in [2.45, 2.75) is 18.9 Å². The summed E-state index contributed by atoms with van der Waals surface area (Å²) in [6.45, 7) is 1.25. The average Bonchev–Trinajstić information content (AvgIpc) is 2.97. The lowest BCUT2D eigenvalue weighted by atomic mass is 9.95. The molecule has 1 saturated heterocycles. The number of hydrogen-bond acceptors (Lipinski definition) is 4. The molecule has 3 rings (SSSR count). The number of anilines is 1. The zero-order valence-corrected chi connectivity index (χ0v) is 12.9. The zero-order chi connectivity index (χ0) is 16.1. The molecule has 1 amide bonds. The van der Waals surface area contributed by atoms with Crippen LogP contribution in [0, 0.1) is 5.92 Å². The summed E-state index contributed by atoms with van der Waals surface area (Å²) in [6, 6.07) is 11.5. The number of aromatic nitrogens is 1. The van der Waals surface area contributed by atoms with Gasteiger partial charge in [0.15, 0.2) is 0 Å². The normalized spacial score (nSPS) is 20.3. The van der Waals surface area contributed by atoms with Crippen molar-refractivity contribution in [1.82, 2.24) is 10.3 Å². The lowest BCUT2D eigenvalue weighted by molar-refractivity contribution is -0.121. The van der Waals surface area contributed by atoms with E-state index in [0.717, 1.165) is 12.0 Å². The Labute approximate surface area is 135 Å². The maximum absolute atomic E-state index is 12.2. The number of carbonyl (C=O) groups excluding carboxylic acids is 1. The number of amides is 1. The van der Waals surface area contributed by atoms with E-state index in [1.807, 2.05) is 36.4 Å². The largest absolute Gasteiger partial charge is 0.399 e. The van der Waals surface area contributed by atoms with Gasteiger partial charge in [0.25, 0.3) is 0 Å². The summed E-state index contributed by atoms with van der Waals surface area (Å²) >= 11 is 0. The molecule has 3 N–H and O–H groups in total. The van der Waals surface area contributed by atoms with Crippen LogP contribution in [-0.2, 0) is 22.4 Å². The van der Waals surface area contributed by atoms with Crippen LogP contribution in [0.25, 0.3) is 0 Å². The van der Waals surface area contributed by atoms with E-state index in [2.05, 4.69) is 10.3 Å². The molecule has 1 fully saturated rings. The molecule has 0 radical (unpaired) electrons. The zero-order valence-electron chi connectivity index (χ0n) is 12.9. The van der Waals surface area contributed by atoms with E-state index >= 15 is 0 Å². The van der Waals surface area contributed by atoms with Gasteiger partial charge in [-0.2, -0.15) is 0 Å². The first-order chi connectivity index (χ1) is 11.2. The standard InChI is InChI=1S/C18H21N3O2/c19-16-3-1-13(2-4-16)10-18(22)21-17-12-23-11-15(17)9-14-5-7-20-8-6-14/h1-8,15,17H,9-12,19H2,(H,21,22)/t15-,17-/m1/s1. The molecule has 1 aromatic heterocycles. The molecule has 2 atom stereocenters. The van der Waals surface area contributed by atoms with Crippen molar-refractivity contribution in [3.8, 4) is 0 Å². The van der Waals surface area contributed by atoms with Crippen LogP contribution in [0.2, 0.25) is 0 Å². The Kier molecular flexibility index (Phi) is 4.88. The molecule has 23 heavy (non-hydrogen) atoms. The average molecular weight is 311 g/mol. The number of nitrogen functional groups attached to an aromatic ring is 1. The van der Waals surface area contributed by atoms with Crippen molar-refractivity contribution in [1.29, 1.82) is 0 Å². The molecule has 1 aliphatic heterocycles. The fraction of sp³-hybridized carbons (Fsp3) is 0.333. The second-order valence-electron chi connectivity index (χ2n) is 5.95. The van der Waals surface area contributed by atoms with E-state index in [1.54, 1.807) is 12.4 Å². The van der Waals surface area contributed by atoms with Gasteiger partial charge in [-0.15, -0.1) is 0 Å². The van der Waals surface area contributed by atoms with Crippen molar-refractivity contribution in [3.63, 3.8) is 0 Å². The summed E-state index contributed by atoms with van der Waals surface area (Å²) in [4.78, 5) is 16.3. The molecule has 0 saturated carbocycles. The highest BCUT2D eigenvalue weighted by molar-refractivity contribution is 5.79. The topological polar surface area (TPSA) is 77.2 Å². The number of rotatable bonds is 5. The molecular weight excluding hydrogens is 290 g/mol. The molecule has 0 aliphatic carbocycles. The maximum atomic E-state index is 12.2. The summed E-state index contributed by atoms with van der Waals surface area (Å²) in [5.41, 5.74) is 8.54. The Bertz CT molecular complexity index is 643. The van der Waals surface area contributed by atoms with Crippen LogP contribution in [0.1, 0.15) is 11.1 Å². The fourth-order valence-corrected chi connectivity index (χ4v) is 2.86. The SMILES string of the molecule is Nc1ccc(CC(=O)N[C@@H]2COC[C@H]2Cc2ccncc2)cc1. The third kappa shape index (κ3) is 4.29. The molecule has 1 aliphatic rings. The Balaban J connectivity index is 1.55. The number of nitrogens with zero attached hydrogens (tertiary/aromatic N) is 1. The monoisotopic (exact) mass is 311 g/mol. The summed E-state index contributed by atoms with van der Waals surface area (Å²) < 4.78 is 5.56. The van der Waals surface area contributed by atoms with Crippen LogP contribution in [-0.4, -0.2) is 30.1 Å². The molecule has 5 heteroatoms. The molecule has 0 unspecified atom stereocenters. The smallest absolute Gasteiger partial charge is 0.224 e. The first kappa shape index (κ1) is 15.5. The van der Waals surface area contributed by atoms with Gasteiger partial charge in [0, 0.05) is 24.0 Å². The van der Waals surface area contributed by atoms with Gasteiger partial charge in [0.2, 0.25) is 5.91 Å². The van der Waals surface area contributed by atoms with Crippen molar-refractivity contribution in [2.75, 3.05) is 18.9 Å². The Morgan fingerprint density at radius 1 is 1.13 bits per heavy atom. The van der Waals surface area contributed by atoms with Gasteiger partial charge < -0.3 is 15.8 Å². The van der Waals surface area contributed by atoms with Crippen LogP contribution in [0.3, 0.4) is 0 Å². The molecule has 1 aromatic carbocycles.